The molecule has 1 heterocycles. The van der Waals surface area contributed by atoms with Crippen LogP contribution in [0.4, 0.5) is 0 Å². The van der Waals surface area contributed by atoms with E-state index in [1.54, 1.807) is 0 Å². The Morgan fingerprint density at radius 3 is 3.08 bits per heavy atom. The largest absolute Gasteiger partial charge is 0.366 e. The molecular weight excluding hydrogens is 148 g/mol. The molecule has 1 saturated carbocycles. The van der Waals surface area contributed by atoms with Gasteiger partial charge in [-0.3, -0.25) is 0 Å². The van der Waals surface area contributed by atoms with E-state index in [4.69, 9.17) is 4.74 Å². The van der Waals surface area contributed by atoms with Crippen molar-refractivity contribution >= 4 is 0 Å². The number of hydrogen-bond acceptors (Lipinski definition) is 1. The van der Waals surface area contributed by atoms with Crippen LogP contribution in [0.1, 0.15) is 39.5 Å². The molecule has 12 heavy (non-hydrogen) atoms. The summed E-state index contributed by atoms with van der Waals surface area (Å²) < 4.78 is 5.64. The van der Waals surface area contributed by atoms with Crippen LogP contribution in [0.2, 0.25) is 0 Å². The molecule has 0 N–H and O–H groups in total. The number of ether oxygens (including phenoxy) is 1. The first-order chi connectivity index (χ1) is 5.74. The van der Waals surface area contributed by atoms with E-state index in [9.17, 15) is 0 Å². The highest BCUT2D eigenvalue weighted by molar-refractivity contribution is 5.06. The van der Waals surface area contributed by atoms with E-state index in [1.165, 1.54) is 25.7 Å². The van der Waals surface area contributed by atoms with Crippen molar-refractivity contribution in [3.63, 3.8) is 0 Å². The Morgan fingerprint density at radius 1 is 1.58 bits per heavy atom. The minimum Gasteiger partial charge on any atom is -0.366 e. The second kappa shape index (κ2) is 2.88. The SMILES string of the molecule is CCC=CC1CCC2(C)OC2C1. The van der Waals surface area contributed by atoms with Crippen molar-refractivity contribution in [3.05, 3.63) is 12.2 Å². The van der Waals surface area contributed by atoms with Gasteiger partial charge in [-0.25, -0.2) is 0 Å². The molecule has 2 fully saturated rings. The number of rotatable bonds is 2. The van der Waals surface area contributed by atoms with Crippen LogP contribution in [0.25, 0.3) is 0 Å². The molecule has 1 heteroatoms. The van der Waals surface area contributed by atoms with Gasteiger partial charge in [0, 0.05) is 0 Å². The van der Waals surface area contributed by atoms with Crippen LogP contribution in [0.5, 0.6) is 0 Å². The van der Waals surface area contributed by atoms with Crippen molar-refractivity contribution in [2.75, 3.05) is 0 Å². The van der Waals surface area contributed by atoms with Crippen molar-refractivity contribution < 1.29 is 4.74 Å². The Morgan fingerprint density at radius 2 is 2.42 bits per heavy atom. The molecule has 0 aromatic carbocycles. The average Bonchev–Trinajstić information content (AvgIpc) is 2.72. The third-order valence-corrected chi connectivity index (χ3v) is 3.21. The Kier molecular flexibility index (Phi) is 1.99. The van der Waals surface area contributed by atoms with Gasteiger partial charge in [-0.1, -0.05) is 19.1 Å². The normalized spacial score (nSPS) is 46.2. The van der Waals surface area contributed by atoms with E-state index in [-0.39, 0.29) is 5.60 Å². The van der Waals surface area contributed by atoms with Crippen molar-refractivity contribution in [2.45, 2.75) is 51.2 Å². The zero-order chi connectivity index (χ0) is 8.60. The number of allylic oxidation sites excluding steroid dienone is 2. The molecule has 0 aromatic rings. The predicted molar refractivity (Wildman–Crippen MR) is 50.1 cm³/mol. The quantitative estimate of drug-likeness (QED) is 0.454. The van der Waals surface area contributed by atoms with Gasteiger partial charge in [-0.2, -0.15) is 0 Å². The monoisotopic (exact) mass is 166 g/mol. The minimum atomic E-state index is 0.288. The lowest BCUT2D eigenvalue weighted by atomic mass is 9.83. The van der Waals surface area contributed by atoms with Gasteiger partial charge in [-0.15, -0.1) is 0 Å². The summed E-state index contributed by atoms with van der Waals surface area (Å²) in [6, 6.07) is 0. The molecule has 0 amide bonds. The second-order valence-electron chi connectivity index (χ2n) is 4.29. The third-order valence-electron chi connectivity index (χ3n) is 3.21. The molecule has 0 aromatic heterocycles. The van der Waals surface area contributed by atoms with Crippen molar-refractivity contribution in [3.8, 4) is 0 Å². The standard InChI is InChI=1S/C11H18O/c1-3-4-5-9-6-7-11(2)10(8-9)12-11/h4-5,9-10H,3,6-8H2,1-2H3. The van der Waals surface area contributed by atoms with Crippen LogP contribution in [-0.4, -0.2) is 11.7 Å². The third kappa shape index (κ3) is 1.42. The molecule has 1 nitrogen and oxygen atoms in total. The molecule has 1 aliphatic carbocycles. The van der Waals surface area contributed by atoms with E-state index < -0.39 is 0 Å². The van der Waals surface area contributed by atoms with Gasteiger partial charge < -0.3 is 4.74 Å². The minimum absolute atomic E-state index is 0.288. The zero-order valence-corrected chi connectivity index (χ0v) is 8.05. The van der Waals surface area contributed by atoms with E-state index in [2.05, 4.69) is 26.0 Å². The maximum Gasteiger partial charge on any atom is 0.0920 e. The first-order valence-corrected chi connectivity index (χ1v) is 5.09. The lowest BCUT2D eigenvalue weighted by Gasteiger charge is -2.18. The van der Waals surface area contributed by atoms with Crippen molar-refractivity contribution in [1.82, 2.24) is 0 Å². The fourth-order valence-electron chi connectivity index (χ4n) is 2.18. The summed E-state index contributed by atoms with van der Waals surface area (Å²) in [7, 11) is 0. The van der Waals surface area contributed by atoms with Crippen LogP contribution in [0.3, 0.4) is 0 Å². The van der Waals surface area contributed by atoms with E-state index >= 15 is 0 Å². The topological polar surface area (TPSA) is 12.5 Å². The summed E-state index contributed by atoms with van der Waals surface area (Å²) in [6.45, 7) is 4.44. The van der Waals surface area contributed by atoms with Gasteiger partial charge in [0.1, 0.15) is 0 Å². The van der Waals surface area contributed by atoms with Crippen LogP contribution in [-0.2, 0) is 4.74 Å². The van der Waals surface area contributed by atoms with Crippen LogP contribution >= 0.6 is 0 Å². The first kappa shape index (κ1) is 8.31. The molecular formula is C11H18O. The molecule has 1 aliphatic heterocycles. The summed E-state index contributed by atoms with van der Waals surface area (Å²) in [4.78, 5) is 0. The lowest BCUT2D eigenvalue weighted by Crippen LogP contribution is -2.19. The van der Waals surface area contributed by atoms with Gasteiger partial charge in [0.05, 0.1) is 11.7 Å². The lowest BCUT2D eigenvalue weighted by molar-refractivity contribution is 0.303. The van der Waals surface area contributed by atoms with Gasteiger partial charge >= 0.3 is 0 Å². The summed E-state index contributed by atoms with van der Waals surface area (Å²) in [5, 5.41) is 0. The van der Waals surface area contributed by atoms with Crippen LogP contribution in [0, 0.1) is 5.92 Å². The smallest absolute Gasteiger partial charge is 0.0920 e. The summed E-state index contributed by atoms with van der Waals surface area (Å²) in [6.07, 6.45) is 10.3. The summed E-state index contributed by atoms with van der Waals surface area (Å²) >= 11 is 0. The molecule has 0 radical (unpaired) electrons. The molecule has 0 spiro atoms. The van der Waals surface area contributed by atoms with E-state index in [0.29, 0.717) is 6.10 Å². The number of fused-ring (bicyclic) bond motifs is 1. The Balaban J connectivity index is 1.85. The van der Waals surface area contributed by atoms with Gasteiger partial charge in [-0.05, 0) is 38.5 Å². The van der Waals surface area contributed by atoms with Crippen molar-refractivity contribution in [1.29, 1.82) is 0 Å². The molecule has 68 valence electrons. The van der Waals surface area contributed by atoms with Gasteiger partial charge in [0.15, 0.2) is 0 Å². The molecule has 3 unspecified atom stereocenters. The Hall–Kier alpha value is -0.300. The van der Waals surface area contributed by atoms with Gasteiger partial charge in [0.2, 0.25) is 0 Å². The highest BCUT2D eigenvalue weighted by Gasteiger charge is 2.54. The van der Waals surface area contributed by atoms with Crippen LogP contribution < -0.4 is 0 Å². The Bertz CT molecular complexity index is 197. The molecule has 2 aliphatic rings. The van der Waals surface area contributed by atoms with Crippen LogP contribution in [0.15, 0.2) is 12.2 Å². The van der Waals surface area contributed by atoms with Gasteiger partial charge in [0.25, 0.3) is 0 Å². The highest BCUT2D eigenvalue weighted by atomic mass is 16.6. The fraction of sp³-hybridized carbons (Fsp3) is 0.818. The fourth-order valence-corrected chi connectivity index (χ4v) is 2.18. The second-order valence-corrected chi connectivity index (χ2v) is 4.29. The summed E-state index contributed by atoms with van der Waals surface area (Å²) in [5.74, 6) is 0.797. The first-order valence-electron chi connectivity index (χ1n) is 5.09. The maximum atomic E-state index is 5.64. The van der Waals surface area contributed by atoms with E-state index in [1.807, 2.05) is 0 Å². The van der Waals surface area contributed by atoms with E-state index in [0.717, 1.165) is 5.92 Å². The molecule has 0 bridgehead atoms. The average molecular weight is 166 g/mol. The van der Waals surface area contributed by atoms with Crippen molar-refractivity contribution in [2.24, 2.45) is 5.92 Å². The number of epoxide rings is 1. The zero-order valence-electron chi connectivity index (χ0n) is 8.05. The molecule has 1 saturated heterocycles. The predicted octanol–water partition coefficient (Wildman–Crippen LogP) is 2.91. The highest BCUT2D eigenvalue weighted by Crippen LogP contribution is 2.49. The maximum absolute atomic E-state index is 5.64. The molecule has 3 atom stereocenters. The Labute approximate surface area is 74.8 Å². The summed E-state index contributed by atoms with van der Waals surface area (Å²) in [5.41, 5.74) is 0.288. The number of hydrogen-bond donors (Lipinski definition) is 0. The molecule has 2 rings (SSSR count).